The third-order valence-corrected chi connectivity index (χ3v) is 5.71. The van der Waals surface area contributed by atoms with Gasteiger partial charge in [-0.15, -0.1) is 0 Å². The fraction of sp³-hybridized carbons (Fsp3) is 0.556. The molecule has 0 saturated heterocycles. The Kier molecular flexibility index (Phi) is 8.52. The molecular weight excluding hydrogens is 384 g/mol. The van der Waals surface area contributed by atoms with E-state index in [0.29, 0.717) is 5.82 Å². The van der Waals surface area contributed by atoms with Gasteiger partial charge in [0.1, 0.15) is 6.04 Å². The van der Waals surface area contributed by atoms with Crippen LogP contribution in [0.2, 0.25) is 0 Å². The molecule has 0 aliphatic carbocycles. The SMILES string of the molecule is COCCN(CCOC)S(=O)(=O)N[C@H](c1nc(-c2ccccc2)no1)C(C)C. The van der Waals surface area contributed by atoms with E-state index >= 15 is 0 Å². The first kappa shape index (κ1) is 22.4. The van der Waals surface area contributed by atoms with Crippen LogP contribution in [0.4, 0.5) is 0 Å². The molecule has 2 aromatic rings. The summed E-state index contributed by atoms with van der Waals surface area (Å²) in [6, 6.07) is 8.70. The van der Waals surface area contributed by atoms with Gasteiger partial charge in [-0.2, -0.15) is 22.4 Å². The average molecular weight is 413 g/mol. The number of aromatic nitrogens is 2. The fourth-order valence-electron chi connectivity index (χ4n) is 2.51. The molecule has 1 N–H and O–H groups in total. The molecule has 1 aromatic heterocycles. The van der Waals surface area contributed by atoms with Crippen molar-refractivity contribution >= 4 is 10.2 Å². The zero-order valence-corrected chi connectivity index (χ0v) is 17.5. The van der Waals surface area contributed by atoms with Gasteiger partial charge in [0.25, 0.3) is 10.2 Å². The van der Waals surface area contributed by atoms with E-state index in [2.05, 4.69) is 14.9 Å². The minimum absolute atomic E-state index is 0.106. The second-order valence-corrected chi connectivity index (χ2v) is 8.25. The number of methoxy groups -OCH3 is 2. The molecule has 0 bridgehead atoms. The Balaban J connectivity index is 2.22. The molecule has 0 amide bonds. The third kappa shape index (κ3) is 6.08. The highest BCUT2D eigenvalue weighted by Crippen LogP contribution is 2.24. The van der Waals surface area contributed by atoms with Gasteiger partial charge in [-0.25, -0.2) is 0 Å². The van der Waals surface area contributed by atoms with Gasteiger partial charge in [0.2, 0.25) is 11.7 Å². The first-order valence-corrected chi connectivity index (χ1v) is 10.5. The summed E-state index contributed by atoms with van der Waals surface area (Å²) in [4.78, 5) is 4.40. The van der Waals surface area contributed by atoms with Crippen molar-refractivity contribution in [1.82, 2.24) is 19.2 Å². The van der Waals surface area contributed by atoms with Crippen molar-refractivity contribution < 1.29 is 22.4 Å². The number of nitrogens with zero attached hydrogens (tertiary/aromatic N) is 3. The zero-order chi connectivity index (χ0) is 20.6. The van der Waals surface area contributed by atoms with E-state index in [1.165, 1.54) is 18.5 Å². The number of hydrogen-bond donors (Lipinski definition) is 1. The predicted molar refractivity (Wildman–Crippen MR) is 105 cm³/mol. The average Bonchev–Trinajstić information content (AvgIpc) is 3.16. The maximum atomic E-state index is 12.9. The number of nitrogens with one attached hydrogen (secondary N) is 1. The van der Waals surface area contributed by atoms with Crippen molar-refractivity contribution in [3.8, 4) is 11.4 Å². The lowest BCUT2D eigenvalue weighted by atomic mass is 10.1. The largest absolute Gasteiger partial charge is 0.383 e. The molecule has 0 spiro atoms. The molecule has 10 heteroatoms. The maximum absolute atomic E-state index is 12.9. The van der Waals surface area contributed by atoms with Crippen molar-refractivity contribution in [3.05, 3.63) is 36.2 Å². The lowest BCUT2D eigenvalue weighted by Gasteiger charge is -2.25. The van der Waals surface area contributed by atoms with Gasteiger partial charge in [0.15, 0.2) is 0 Å². The number of benzene rings is 1. The molecule has 1 atom stereocenters. The standard InChI is InChI=1S/C18H28N4O5S/c1-14(2)16(18-19-17(20-27-18)15-8-6-5-7-9-15)21-28(23,24)22(10-12-25-3)11-13-26-4/h5-9,14,16,21H,10-13H2,1-4H3/t16-/m0/s1. The van der Waals surface area contributed by atoms with E-state index < -0.39 is 16.3 Å². The summed E-state index contributed by atoms with van der Waals surface area (Å²) in [5.41, 5.74) is 0.796. The lowest BCUT2D eigenvalue weighted by Crippen LogP contribution is -2.46. The third-order valence-electron chi connectivity index (χ3n) is 4.11. The Hall–Kier alpha value is -1.85. The second-order valence-electron chi connectivity index (χ2n) is 6.55. The molecule has 9 nitrogen and oxygen atoms in total. The predicted octanol–water partition coefficient (Wildman–Crippen LogP) is 1.86. The molecule has 0 fully saturated rings. The van der Waals surface area contributed by atoms with E-state index in [9.17, 15) is 8.42 Å². The van der Waals surface area contributed by atoms with Crippen molar-refractivity contribution in [3.63, 3.8) is 0 Å². The van der Waals surface area contributed by atoms with Crippen LogP contribution in [0, 0.1) is 5.92 Å². The van der Waals surface area contributed by atoms with Gasteiger partial charge < -0.3 is 14.0 Å². The summed E-state index contributed by atoms with van der Waals surface area (Å²) >= 11 is 0. The van der Waals surface area contributed by atoms with Gasteiger partial charge >= 0.3 is 0 Å². The Morgan fingerprint density at radius 3 is 2.25 bits per heavy atom. The molecular formula is C18H28N4O5S. The van der Waals surface area contributed by atoms with Crippen LogP contribution in [-0.2, 0) is 19.7 Å². The molecule has 1 heterocycles. The van der Waals surface area contributed by atoms with Crippen LogP contribution >= 0.6 is 0 Å². The normalized spacial score (nSPS) is 13.4. The monoisotopic (exact) mass is 412 g/mol. The molecule has 0 unspecified atom stereocenters. The summed E-state index contributed by atoms with van der Waals surface area (Å²) in [6.07, 6.45) is 0. The quantitative estimate of drug-likeness (QED) is 0.567. The van der Waals surface area contributed by atoms with E-state index in [1.54, 1.807) is 0 Å². The van der Waals surface area contributed by atoms with Gasteiger partial charge in [-0.1, -0.05) is 49.3 Å². The molecule has 2 rings (SSSR count). The van der Waals surface area contributed by atoms with Crippen molar-refractivity contribution in [2.75, 3.05) is 40.5 Å². The van der Waals surface area contributed by atoms with E-state index in [4.69, 9.17) is 14.0 Å². The van der Waals surface area contributed by atoms with Crippen LogP contribution in [0.25, 0.3) is 11.4 Å². The van der Waals surface area contributed by atoms with Crippen LogP contribution < -0.4 is 4.72 Å². The van der Waals surface area contributed by atoms with Crippen LogP contribution in [0.1, 0.15) is 25.8 Å². The summed E-state index contributed by atoms with van der Waals surface area (Å²) in [6.45, 7) is 4.73. The Morgan fingerprint density at radius 1 is 1.11 bits per heavy atom. The first-order chi connectivity index (χ1) is 13.4. The summed E-state index contributed by atoms with van der Waals surface area (Å²) in [5, 5.41) is 3.99. The smallest absolute Gasteiger partial charge is 0.280 e. The highest BCUT2D eigenvalue weighted by Gasteiger charge is 2.31. The molecule has 0 saturated carbocycles. The van der Waals surface area contributed by atoms with Crippen LogP contribution in [0.5, 0.6) is 0 Å². The maximum Gasteiger partial charge on any atom is 0.280 e. The number of rotatable bonds is 12. The van der Waals surface area contributed by atoms with E-state index in [1.807, 2.05) is 44.2 Å². The highest BCUT2D eigenvalue weighted by atomic mass is 32.2. The van der Waals surface area contributed by atoms with E-state index in [0.717, 1.165) is 5.56 Å². The topological polar surface area (TPSA) is 107 Å². The second kappa shape index (κ2) is 10.6. The Bertz CT molecular complexity index is 802. The van der Waals surface area contributed by atoms with Gasteiger partial charge in [0.05, 0.1) is 13.2 Å². The molecule has 28 heavy (non-hydrogen) atoms. The molecule has 1 aromatic carbocycles. The summed E-state index contributed by atoms with van der Waals surface area (Å²) in [5.74, 6) is 0.525. The van der Waals surface area contributed by atoms with Crippen molar-refractivity contribution in [1.29, 1.82) is 0 Å². The van der Waals surface area contributed by atoms with Crippen molar-refractivity contribution in [2.45, 2.75) is 19.9 Å². The van der Waals surface area contributed by atoms with Gasteiger partial charge in [0, 0.05) is 32.9 Å². The number of hydrogen-bond acceptors (Lipinski definition) is 7. The number of ether oxygens (including phenoxy) is 2. The van der Waals surface area contributed by atoms with Crippen LogP contribution in [-0.4, -0.2) is 63.4 Å². The summed E-state index contributed by atoms with van der Waals surface area (Å²) in [7, 11) is -0.773. The molecule has 0 aliphatic rings. The van der Waals surface area contributed by atoms with Crippen LogP contribution in [0.15, 0.2) is 34.9 Å². The molecule has 0 radical (unpaired) electrons. The zero-order valence-electron chi connectivity index (χ0n) is 16.7. The first-order valence-electron chi connectivity index (χ1n) is 9.03. The molecule has 156 valence electrons. The lowest BCUT2D eigenvalue weighted by molar-refractivity contribution is 0.149. The van der Waals surface area contributed by atoms with Crippen LogP contribution in [0.3, 0.4) is 0 Å². The van der Waals surface area contributed by atoms with Crippen molar-refractivity contribution in [2.24, 2.45) is 5.92 Å². The van der Waals surface area contributed by atoms with Gasteiger partial charge in [-0.05, 0) is 5.92 Å². The molecule has 0 aliphatic heterocycles. The Morgan fingerprint density at radius 2 is 1.71 bits per heavy atom. The minimum Gasteiger partial charge on any atom is -0.383 e. The fourth-order valence-corrected chi connectivity index (χ4v) is 3.98. The summed E-state index contributed by atoms with van der Waals surface area (Å²) < 4.78 is 45.2. The highest BCUT2D eigenvalue weighted by molar-refractivity contribution is 7.87. The van der Waals surface area contributed by atoms with Gasteiger partial charge in [-0.3, -0.25) is 0 Å². The minimum atomic E-state index is -3.82. The Labute approximate surface area is 166 Å². The van der Waals surface area contributed by atoms with E-state index in [-0.39, 0.29) is 38.1 Å².